The molecule has 0 aliphatic carbocycles. The third-order valence-electron chi connectivity index (χ3n) is 4.71. The number of amides is 1. The van der Waals surface area contributed by atoms with E-state index < -0.39 is 5.60 Å². The van der Waals surface area contributed by atoms with E-state index in [9.17, 15) is 9.90 Å². The Labute approximate surface area is 153 Å². The Kier molecular flexibility index (Phi) is 5.82. The van der Waals surface area contributed by atoms with Crippen molar-refractivity contribution in [2.24, 2.45) is 0 Å². The fraction of sp³-hybridized carbons (Fsp3) is 0.556. The van der Waals surface area contributed by atoms with Gasteiger partial charge in [0.25, 0.3) is 0 Å². The zero-order valence-electron chi connectivity index (χ0n) is 15.2. The lowest BCUT2D eigenvalue weighted by Crippen LogP contribution is -2.55. The maximum Gasteiger partial charge on any atom is 0.225 e. The van der Waals surface area contributed by atoms with Gasteiger partial charge in [-0.05, 0) is 25.3 Å². The van der Waals surface area contributed by atoms with E-state index in [2.05, 4.69) is 15.0 Å². The minimum Gasteiger partial charge on any atom is -0.386 e. The van der Waals surface area contributed by atoms with Crippen LogP contribution in [0.25, 0.3) is 0 Å². The van der Waals surface area contributed by atoms with Crippen LogP contribution in [0.15, 0.2) is 37.2 Å². The van der Waals surface area contributed by atoms with Crippen LogP contribution in [0.5, 0.6) is 0 Å². The maximum atomic E-state index is 12.4. The van der Waals surface area contributed by atoms with Gasteiger partial charge in [-0.1, -0.05) is 0 Å². The lowest BCUT2D eigenvalue weighted by molar-refractivity contribution is -0.133. The van der Waals surface area contributed by atoms with Crippen LogP contribution in [-0.4, -0.2) is 67.7 Å². The average molecular weight is 358 g/mol. The Morgan fingerprint density at radius 1 is 1.35 bits per heavy atom. The maximum absolute atomic E-state index is 12.4. The molecule has 0 aromatic carbocycles. The van der Waals surface area contributed by atoms with Crippen molar-refractivity contribution in [3.63, 3.8) is 0 Å². The van der Waals surface area contributed by atoms with Crippen LogP contribution in [0.2, 0.25) is 0 Å². The second-order valence-electron chi connectivity index (χ2n) is 6.95. The molecule has 1 aliphatic rings. The number of imidazole rings is 1. The Morgan fingerprint density at radius 3 is 2.88 bits per heavy atom. The van der Waals surface area contributed by atoms with E-state index in [4.69, 9.17) is 0 Å². The van der Waals surface area contributed by atoms with E-state index >= 15 is 0 Å². The van der Waals surface area contributed by atoms with Gasteiger partial charge in [-0.2, -0.15) is 0 Å². The first kappa shape index (κ1) is 18.3. The van der Waals surface area contributed by atoms with Crippen LogP contribution in [0.3, 0.4) is 0 Å². The lowest BCUT2D eigenvalue weighted by Gasteiger charge is -2.41. The number of β-amino-alcohol motifs (C(OH)–C–C–N with tert-alkyl or cyclic N) is 1. The van der Waals surface area contributed by atoms with E-state index in [-0.39, 0.29) is 5.91 Å². The summed E-state index contributed by atoms with van der Waals surface area (Å²) in [5.41, 5.74) is -0.938. The molecule has 1 N–H and O–H groups in total. The summed E-state index contributed by atoms with van der Waals surface area (Å²) in [5, 5.41) is 11.0. The summed E-state index contributed by atoms with van der Waals surface area (Å²) in [6.07, 6.45) is 11.5. The Bertz CT molecular complexity index is 693. The fourth-order valence-corrected chi connectivity index (χ4v) is 3.42. The van der Waals surface area contributed by atoms with Crippen molar-refractivity contribution in [2.45, 2.75) is 37.8 Å². The average Bonchev–Trinajstić information content (AvgIpc) is 3.15. The predicted octanol–water partition coefficient (Wildman–Crippen LogP) is 0.943. The number of carbonyl (C=O) groups excluding carboxylic acids is 1. The van der Waals surface area contributed by atoms with Gasteiger partial charge < -0.3 is 19.5 Å². The number of piperidine rings is 1. The van der Waals surface area contributed by atoms with Gasteiger partial charge in [-0.25, -0.2) is 15.0 Å². The van der Waals surface area contributed by atoms with Gasteiger partial charge in [0.2, 0.25) is 11.9 Å². The molecule has 0 radical (unpaired) electrons. The number of nitrogens with zero attached hydrogens (tertiary/aromatic N) is 6. The summed E-state index contributed by atoms with van der Waals surface area (Å²) in [6.45, 7) is 2.34. The molecule has 1 fully saturated rings. The number of aryl methyl sites for hydroxylation is 1. The summed E-state index contributed by atoms with van der Waals surface area (Å²) < 4.78 is 1.96. The third-order valence-corrected chi connectivity index (χ3v) is 4.71. The van der Waals surface area contributed by atoms with Crippen LogP contribution in [0.1, 0.15) is 25.7 Å². The molecule has 2 aromatic heterocycles. The van der Waals surface area contributed by atoms with Crippen LogP contribution in [0, 0.1) is 0 Å². The van der Waals surface area contributed by atoms with Crippen LogP contribution in [-0.2, 0) is 11.3 Å². The molecule has 8 heteroatoms. The molecule has 1 saturated heterocycles. The topological polar surface area (TPSA) is 87.4 Å². The Morgan fingerprint density at radius 2 is 2.15 bits per heavy atom. The number of hydrogen-bond donors (Lipinski definition) is 1. The summed E-state index contributed by atoms with van der Waals surface area (Å²) in [4.78, 5) is 28.5. The molecule has 140 valence electrons. The summed E-state index contributed by atoms with van der Waals surface area (Å²) in [6, 6.07) is 1.77. The smallest absolute Gasteiger partial charge is 0.225 e. The second kappa shape index (κ2) is 8.27. The molecule has 1 amide bonds. The number of likely N-dealkylation sites (N-methyl/N-ethyl adjacent to an activating group) is 1. The monoisotopic (exact) mass is 358 g/mol. The second-order valence-corrected chi connectivity index (χ2v) is 6.95. The SMILES string of the molecule is CN(C[C@]1(O)CCCN(c2ncccn2)C1)C(=O)CCCn1ccnc1. The molecule has 1 atom stereocenters. The zero-order chi connectivity index (χ0) is 18.4. The molecule has 0 bridgehead atoms. The number of hydrogen-bond acceptors (Lipinski definition) is 6. The zero-order valence-corrected chi connectivity index (χ0v) is 15.2. The van der Waals surface area contributed by atoms with Crippen LogP contribution < -0.4 is 4.90 Å². The number of aliphatic hydroxyl groups is 1. The Balaban J connectivity index is 1.50. The summed E-state index contributed by atoms with van der Waals surface area (Å²) in [5.74, 6) is 0.673. The highest BCUT2D eigenvalue weighted by Crippen LogP contribution is 2.24. The first-order valence-corrected chi connectivity index (χ1v) is 9.00. The van der Waals surface area contributed by atoms with Gasteiger partial charge in [0.15, 0.2) is 0 Å². The number of rotatable bonds is 7. The molecule has 0 saturated carbocycles. The third kappa shape index (κ3) is 4.78. The molecule has 1 aliphatic heterocycles. The van der Waals surface area contributed by atoms with E-state index in [1.54, 1.807) is 42.9 Å². The molecular formula is C18H26N6O2. The Hall–Kier alpha value is -2.48. The van der Waals surface area contributed by atoms with Crippen molar-refractivity contribution in [3.8, 4) is 0 Å². The molecule has 0 unspecified atom stereocenters. The molecular weight excluding hydrogens is 332 g/mol. The van der Waals surface area contributed by atoms with Gasteiger partial charge >= 0.3 is 0 Å². The predicted molar refractivity (Wildman–Crippen MR) is 97.5 cm³/mol. The first-order chi connectivity index (χ1) is 12.6. The highest BCUT2D eigenvalue weighted by atomic mass is 16.3. The highest BCUT2D eigenvalue weighted by molar-refractivity contribution is 5.75. The molecule has 2 aromatic rings. The first-order valence-electron chi connectivity index (χ1n) is 9.00. The van der Waals surface area contributed by atoms with Crippen LogP contribution >= 0.6 is 0 Å². The van der Waals surface area contributed by atoms with Crippen LogP contribution in [0.4, 0.5) is 5.95 Å². The van der Waals surface area contributed by atoms with Crippen molar-refractivity contribution in [2.75, 3.05) is 31.6 Å². The largest absolute Gasteiger partial charge is 0.386 e. The minimum atomic E-state index is -0.938. The quantitative estimate of drug-likeness (QED) is 0.793. The lowest BCUT2D eigenvalue weighted by atomic mass is 9.92. The summed E-state index contributed by atoms with van der Waals surface area (Å²) >= 11 is 0. The van der Waals surface area contributed by atoms with E-state index in [1.807, 2.05) is 15.7 Å². The molecule has 0 spiro atoms. The van der Waals surface area contributed by atoms with Gasteiger partial charge in [0.05, 0.1) is 25.0 Å². The van der Waals surface area contributed by atoms with E-state index in [0.717, 1.165) is 25.9 Å². The van der Waals surface area contributed by atoms with Crippen molar-refractivity contribution in [3.05, 3.63) is 37.2 Å². The summed E-state index contributed by atoms with van der Waals surface area (Å²) in [7, 11) is 1.76. The number of carbonyl (C=O) groups is 1. The number of anilines is 1. The molecule has 8 nitrogen and oxygen atoms in total. The van der Waals surface area contributed by atoms with Gasteiger partial charge in [-0.15, -0.1) is 0 Å². The van der Waals surface area contributed by atoms with E-state index in [1.165, 1.54) is 0 Å². The molecule has 26 heavy (non-hydrogen) atoms. The fourth-order valence-electron chi connectivity index (χ4n) is 3.42. The standard InChI is InChI=1S/C18H26N6O2/c1-22(16(25)5-2-10-23-12-9-19-15-23)13-18(26)6-3-11-24(14-18)17-20-7-4-8-21-17/h4,7-9,12,15,26H,2-3,5-6,10-11,13-14H2,1H3/t18-/m1/s1. The van der Waals surface area contributed by atoms with Gasteiger partial charge in [0, 0.05) is 51.3 Å². The van der Waals surface area contributed by atoms with Crippen molar-refractivity contribution in [1.29, 1.82) is 0 Å². The minimum absolute atomic E-state index is 0.0478. The van der Waals surface area contributed by atoms with Gasteiger partial charge in [-0.3, -0.25) is 4.79 Å². The van der Waals surface area contributed by atoms with Gasteiger partial charge in [0.1, 0.15) is 0 Å². The number of aromatic nitrogens is 4. The molecule has 3 heterocycles. The highest BCUT2D eigenvalue weighted by Gasteiger charge is 2.36. The molecule has 3 rings (SSSR count). The van der Waals surface area contributed by atoms with Crippen molar-refractivity contribution >= 4 is 11.9 Å². The van der Waals surface area contributed by atoms with E-state index in [0.29, 0.717) is 31.9 Å². The van der Waals surface area contributed by atoms with Crippen molar-refractivity contribution < 1.29 is 9.90 Å². The van der Waals surface area contributed by atoms with Crippen molar-refractivity contribution in [1.82, 2.24) is 24.4 Å². The normalized spacial score (nSPS) is 20.2.